The standard InChI is InChI=1S/C22H27N5O.C10H12N2.C2H6/c1-4-15(2)10-11-16(3)24-22(28)25-18-8-5-7-17(12-13-18)20-26-19-9-6-14-23-21(19)27-20;1-7-3-4-9-10(8(2)5-7)12-6-11-9;1-2/h6-14,20,26H,4-5H2,1-3H3,(H,23,27)(H2,24,25,28);3-7H,1-2H3,(H,11,12);1-2H3/b15-10-,16-11+;;. The zero-order chi connectivity index (χ0) is 30.5. The van der Waals surface area contributed by atoms with Gasteiger partial charge in [-0.05, 0) is 81.0 Å². The molecule has 2 unspecified atom stereocenters. The predicted molar refractivity (Wildman–Crippen MR) is 176 cm³/mol. The number of rotatable bonds is 5. The Kier molecular flexibility index (Phi) is 12.2. The molecule has 2 atom stereocenters. The molecule has 3 heterocycles. The Morgan fingerprint density at radius 3 is 2.67 bits per heavy atom. The molecule has 2 aromatic rings. The molecule has 0 fully saturated rings. The van der Waals surface area contributed by atoms with Gasteiger partial charge in [-0.3, -0.25) is 0 Å². The number of hydrogen-bond acceptors (Lipinski definition) is 5. The third kappa shape index (κ3) is 9.23. The molecule has 1 aliphatic heterocycles. The minimum absolute atomic E-state index is 0.0264. The first-order valence-electron chi connectivity index (χ1n) is 14.7. The number of pyridine rings is 1. The molecule has 5 N–H and O–H groups in total. The number of aromatic nitrogens is 3. The number of anilines is 2. The molecule has 0 radical (unpaired) electrons. The molecule has 0 spiro atoms. The van der Waals surface area contributed by atoms with Crippen molar-refractivity contribution in [3.63, 3.8) is 0 Å². The summed E-state index contributed by atoms with van der Waals surface area (Å²) in [6.07, 6.45) is 23.7. The van der Waals surface area contributed by atoms with Gasteiger partial charge in [0.05, 0.1) is 23.4 Å². The van der Waals surface area contributed by atoms with Crippen LogP contribution in [0.25, 0.3) is 11.6 Å². The van der Waals surface area contributed by atoms with E-state index in [0.717, 1.165) is 52.7 Å². The highest BCUT2D eigenvalue weighted by molar-refractivity contribution is 5.78. The summed E-state index contributed by atoms with van der Waals surface area (Å²) in [5, 5.41) is 12.5. The number of nitrogens with zero attached hydrogens (tertiary/aromatic N) is 2. The Hall–Kier alpha value is -4.59. The van der Waals surface area contributed by atoms with E-state index in [1.165, 1.54) is 11.1 Å². The molecule has 5 rings (SSSR count). The van der Waals surface area contributed by atoms with E-state index < -0.39 is 0 Å². The number of H-pyrrole nitrogens is 1. The topological polar surface area (TPSA) is 107 Å². The molecule has 8 nitrogen and oxygen atoms in total. The molecule has 42 heavy (non-hydrogen) atoms. The minimum Gasteiger partial charge on any atom is -0.359 e. The Bertz CT molecular complexity index is 1410. The van der Waals surface area contributed by atoms with Gasteiger partial charge in [-0.15, -0.1) is 0 Å². The molecule has 2 aromatic heterocycles. The lowest BCUT2D eigenvalue weighted by molar-refractivity contribution is 0.246. The van der Waals surface area contributed by atoms with Gasteiger partial charge in [-0.2, -0.15) is 0 Å². The van der Waals surface area contributed by atoms with E-state index in [1.807, 2.05) is 63.3 Å². The van der Waals surface area contributed by atoms with Gasteiger partial charge in [-0.1, -0.05) is 69.7 Å². The molecular weight excluding hydrogens is 522 g/mol. The minimum atomic E-state index is -0.246. The molecule has 0 saturated heterocycles. The number of aromatic amines is 1. The number of urea groups is 1. The van der Waals surface area contributed by atoms with Crippen molar-refractivity contribution in [2.24, 2.45) is 5.92 Å². The van der Waals surface area contributed by atoms with Crippen molar-refractivity contribution < 1.29 is 4.79 Å². The molecule has 0 saturated carbocycles. The van der Waals surface area contributed by atoms with E-state index in [1.54, 1.807) is 12.5 Å². The fourth-order valence-corrected chi connectivity index (χ4v) is 4.37. The van der Waals surface area contributed by atoms with Gasteiger partial charge in [0, 0.05) is 17.6 Å². The molecule has 0 bridgehead atoms. The summed E-state index contributed by atoms with van der Waals surface area (Å²) in [6.45, 7) is 14.3. The molecule has 2 aliphatic carbocycles. The molecule has 0 aromatic carbocycles. The summed E-state index contributed by atoms with van der Waals surface area (Å²) < 4.78 is 0. The van der Waals surface area contributed by atoms with Gasteiger partial charge in [0.15, 0.2) is 5.82 Å². The first-order chi connectivity index (χ1) is 20.3. The number of carbonyl (C=O) groups excluding carboxylic acids is 1. The second-order valence-electron chi connectivity index (χ2n) is 10.1. The summed E-state index contributed by atoms with van der Waals surface area (Å²) in [5.74, 6) is 1.36. The van der Waals surface area contributed by atoms with E-state index in [4.69, 9.17) is 0 Å². The van der Waals surface area contributed by atoms with Crippen LogP contribution >= 0.6 is 0 Å². The van der Waals surface area contributed by atoms with E-state index in [-0.39, 0.29) is 12.2 Å². The Morgan fingerprint density at radius 1 is 1.10 bits per heavy atom. The highest BCUT2D eigenvalue weighted by Gasteiger charge is 2.22. The highest BCUT2D eigenvalue weighted by atomic mass is 16.2. The lowest BCUT2D eigenvalue weighted by Gasteiger charge is -2.13. The molecule has 8 heteroatoms. The predicted octanol–water partition coefficient (Wildman–Crippen LogP) is 8.08. The van der Waals surface area contributed by atoms with Gasteiger partial charge < -0.3 is 26.3 Å². The SMILES string of the molecule is CC.CC/C(C)=C\C=C(/C)NC(=O)NC1=CCC=C(C2Nc3cccnc3N2)C=C1.CC1=CC(C)C=Cc2[nH]cnc21. The number of amides is 2. The van der Waals surface area contributed by atoms with Crippen molar-refractivity contribution in [1.29, 1.82) is 0 Å². The third-order valence-electron chi connectivity index (χ3n) is 6.73. The molecule has 222 valence electrons. The number of nitrogens with one attached hydrogen (secondary N) is 5. The van der Waals surface area contributed by atoms with Gasteiger partial charge in [0.1, 0.15) is 6.17 Å². The summed E-state index contributed by atoms with van der Waals surface area (Å²) in [4.78, 5) is 23.9. The average molecular weight is 568 g/mol. The maximum absolute atomic E-state index is 12.2. The van der Waals surface area contributed by atoms with E-state index in [9.17, 15) is 4.79 Å². The first-order valence-corrected chi connectivity index (χ1v) is 14.7. The van der Waals surface area contributed by atoms with Gasteiger partial charge >= 0.3 is 6.03 Å². The molecular formula is C34H45N7O. The van der Waals surface area contributed by atoms with Crippen LogP contribution in [0.4, 0.5) is 16.3 Å². The fraction of sp³-hybridized carbons (Fsp3) is 0.324. The van der Waals surface area contributed by atoms with Crippen LogP contribution in [0.3, 0.4) is 0 Å². The Labute approximate surface area is 250 Å². The number of allylic oxidation sites excluding steroid dienone is 10. The van der Waals surface area contributed by atoms with E-state index in [2.05, 4.69) is 88.2 Å². The lowest BCUT2D eigenvalue weighted by Crippen LogP contribution is -2.33. The largest absolute Gasteiger partial charge is 0.359 e. The van der Waals surface area contributed by atoms with Crippen molar-refractivity contribution in [1.82, 2.24) is 25.6 Å². The van der Waals surface area contributed by atoms with Gasteiger partial charge in [-0.25, -0.2) is 14.8 Å². The fourth-order valence-electron chi connectivity index (χ4n) is 4.37. The van der Waals surface area contributed by atoms with Gasteiger partial charge in [0.2, 0.25) is 0 Å². The van der Waals surface area contributed by atoms with Gasteiger partial charge in [0.25, 0.3) is 0 Å². The van der Waals surface area contributed by atoms with Crippen molar-refractivity contribution in [3.05, 3.63) is 107 Å². The molecule has 2 amide bonds. The normalized spacial score (nSPS) is 18.9. The van der Waals surface area contributed by atoms with Crippen molar-refractivity contribution in [3.8, 4) is 0 Å². The Balaban J connectivity index is 0.000000286. The maximum atomic E-state index is 12.2. The first kappa shape index (κ1) is 31.9. The number of hydrogen-bond donors (Lipinski definition) is 5. The van der Waals surface area contributed by atoms with Crippen LogP contribution in [-0.4, -0.2) is 27.1 Å². The van der Waals surface area contributed by atoms with Crippen LogP contribution in [-0.2, 0) is 0 Å². The van der Waals surface area contributed by atoms with Crippen LogP contribution in [0, 0.1) is 5.92 Å². The number of carbonyl (C=O) groups is 1. The smallest absolute Gasteiger partial charge is 0.323 e. The number of imidazole rings is 1. The number of fused-ring (bicyclic) bond motifs is 2. The van der Waals surface area contributed by atoms with Crippen molar-refractivity contribution in [2.75, 3.05) is 10.6 Å². The quantitative estimate of drug-likeness (QED) is 0.235. The van der Waals surface area contributed by atoms with Crippen LogP contribution in [0.2, 0.25) is 0 Å². The summed E-state index contributed by atoms with van der Waals surface area (Å²) >= 11 is 0. The van der Waals surface area contributed by atoms with Crippen LogP contribution in [0.5, 0.6) is 0 Å². The summed E-state index contributed by atoms with van der Waals surface area (Å²) in [5.41, 5.74) is 8.37. The van der Waals surface area contributed by atoms with E-state index in [0.29, 0.717) is 5.92 Å². The molecule has 3 aliphatic rings. The Morgan fingerprint density at radius 2 is 1.90 bits per heavy atom. The van der Waals surface area contributed by atoms with Crippen molar-refractivity contribution >= 4 is 29.2 Å². The monoisotopic (exact) mass is 567 g/mol. The van der Waals surface area contributed by atoms with Crippen LogP contribution < -0.4 is 21.3 Å². The second kappa shape index (κ2) is 16.0. The van der Waals surface area contributed by atoms with Crippen LogP contribution in [0.15, 0.2) is 95.8 Å². The lowest BCUT2D eigenvalue weighted by atomic mass is 10.1. The zero-order valence-electron chi connectivity index (χ0n) is 25.9. The maximum Gasteiger partial charge on any atom is 0.323 e. The third-order valence-corrected chi connectivity index (χ3v) is 6.73. The second-order valence-corrected chi connectivity index (χ2v) is 10.1. The highest BCUT2D eigenvalue weighted by Crippen LogP contribution is 2.29. The van der Waals surface area contributed by atoms with Crippen LogP contribution in [0.1, 0.15) is 72.7 Å². The van der Waals surface area contributed by atoms with Crippen molar-refractivity contribution in [2.45, 2.75) is 67.5 Å². The summed E-state index contributed by atoms with van der Waals surface area (Å²) in [6, 6.07) is 3.66. The zero-order valence-corrected chi connectivity index (χ0v) is 25.9. The van der Waals surface area contributed by atoms with E-state index >= 15 is 0 Å². The summed E-state index contributed by atoms with van der Waals surface area (Å²) in [7, 11) is 0. The average Bonchev–Trinajstić information content (AvgIpc) is 3.55.